The Morgan fingerprint density at radius 2 is 2.00 bits per heavy atom. The summed E-state index contributed by atoms with van der Waals surface area (Å²) in [7, 11) is 0. The van der Waals surface area contributed by atoms with Gasteiger partial charge in [0.15, 0.2) is 0 Å². The van der Waals surface area contributed by atoms with Crippen LogP contribution < -0.4 is 10.2 Å². The third-order valence-electron chi connectivity index (χ3n) is 3.75. The monoisotopic (exact) mass is 373 g/mol. The van der Waals surface area contributed by atoms with E-state index < -0.39 is 4.92 Å². The van der Waals surface area contributed by atoms with E-state index in [1.807, 2.05) is 31.2 Å². The summed E-state index contributed by atoms with van der Waals surface area (Å²) in [5.74, 6) is -0.121. The number of nitro groups is 1. The molecule has 3 rings (SSSR count). The normalized spacial score (nSPS) is 17.0. The quantitative estimate of drug-likeness (QED) is 0.489. The smallest absolute Gasteiger partial charge is 0.269 e. The van der Waals surface area contributed by atoms with E-state index in [1.165, 1.54) is 28.8 Å². The minimum atomic E-state index is -0.475. The predicted molar refractivity (Wildman–Crippen MR) is 104 cm³/mol. The van der Waals surface area contributed by atoms with E-state index >= 15 is 0 Å². The summed E-state index contributed by atoms with van der Waals surface area (Å²) in [4.78, 5) is 24.4. The molecular formula is C17H15N3O3S2. The minimum Gasteiger partial charge on any atom is -0.383 e. The Bertz CT molecular complexity index is 839. The predicted octanol–water partition coefficient (Wildman–Crippen LogP) is 3.75. The van der Waals surface area contributed by atoms with Crippen LogP contribution in [-0.2, 0) is 4.79 Å². The zero-order valence-electron chi connectivity index (χ0n) is 13.3. The Morgan fingerprint density at radius 3 is 2.64 bits per heavy atom. The van der Waals surface area contributed by atoms with Crippen LogP contribution in [0.2, 0.25) is 0 Å². The highest BCUT2D eigenvalue weighted by molar-refractivity contribution is 8.25. The van der Waals surface area contributed by atoms with Gasteiger partial charge < -0.3 is 5.32 Å². The van der Waals surface area contributed by atoms with Gasteiger partial charge in [-0.05, 0) is 36.8 Å². The number of carbonyl (C=O) groups excluding carboxylic acids is 1. The van der Waals surface area contributed by atoms with Crippen LogP contribution in [0.1, 0.15) is 5.56 Å². The van der Waals surface area contributed by atoms with E-state index in [0.29, 0.717) is 16.6 Å². The number of nitro benzene ring substituents is 1. The lowest BCUT2D eigenvalue weighted by molar-refractivity contribution is -0.384. The molecule has 1 N–H and O–H groups in total. The van der Waals surface area contributed by atoms with Crippen molar-refractivity contribution in [3.63, 3.8) is 0 Å². The lowest BCUT2D eigenvalue weighted by Crippen LogP contribution is -2.33. The number of benzene rings is 2. The average molecular weight is 373 g/mol. The van der Waals surface area contributed by atoms with Crippen LogP contribution in [0, 0.1) is 17.0 Å². The number of anilines is 2. The standard InChI is InChI=1S/C17H15N3O3S2/c1-11-3-2-4-12(9-11)18-10-15-16(21)19(17(24)25-15)13-5-7-14(8-6-13)20(22)23/h2-9,15,18H,10H2,1H3. The van der Waals surface area contributed by atoms with Crippen LogP contribution in [-0.4, -0.2) is 26.9 Å². The second kappa shape index (κ2) is 7.20. The second-order valence-corrected chi connectivity index (χ2v) is 7.41. The maximum Gasteiger partial charge on any atom is 0.269 e. The number of nitrogens with one attached hydrogen (secondary N) is 1. The number of hydrogen-bond acceptors (Lipinski definition) is 6. The lowest BCUT2D eigenvalue weighted by Gasteiger charge is -2.15. The molecule has 1 aliphatic rings. The number of rotatable bonds is 5. The molecule has 2 aromatic rings. The van der Waals surface area contributed by atoms with Gasteiger partial charge in [0.25, 0.3) is 5.69 Å². The van der Waals surface area contributed by atoms with Gasteiger partial charge in [-0.1, -0.05) is 36.1 Å². The van der Waals surface area contributed by atoms with Crippen LogP contribution in [0.5, 0.6) is 0 Å². The number of carbonyl (C=O) groups is 1. The fraction of sp³-hybridized carbons (Fsp3) is 0.176. The van der Waals surface area contributed by atoms with Crippen molar-refractivity contribution >= 4 is 51.3 Å². The van der Waals surface area contributed by atoms with Crippen molar-refractivity contribution in [3.05, 3.63) is 64.2 Å². The van der Waals surface area contributed by atoms with Crippen LogP contribution in [0.3, 0.4) is 0 Å². The number of thiocarbonyl (C=S) groups is 1. The third kappa shape index (κ3) is 3.80. The van der Waals surface area contributed by atoms with E-state index in [9.17, 15) is 14.9 Å². The van der Waals surface area contributed by atoms with Crippen molar-refractivity contribution in [1.29, 1.82) is 0 Å². The van der Waals surface area contributed by atoms with Gasteiger partial charge in [0.2, 0.25) is 5.91 Å². The molecule has 0 saturated carbocycles. The first-order valence-electron chi connectivity index (χ1n) is 7.55. The molecule has 1 aliphatic heterocycles. The minimum absolute atomic E-state index is 0.0216. The number of thioether (sulfide) groups is 1. The molecule has 0 bridgehead atoms. The summed E-state index contributed by atoms with van der Waals surface area (Å²) < 4.78 is 0.454. The molecule has 1 heterocycles. The van der Waals surface area contributed by atoms with Gasteiger partial charge in [-0.25, -0.2) is 0 Å². The first kappa shape index (κ1) is 17.4. The van der Waals surface area contributed by atoms with Crippen molar-refractivity contribution < 1.29 is 9.72 Å². The van der Waals surface area contributed by atoms with Gasteiger partial charge in [0.1, 0.15) is 9.57 Å². The first-order valence-corrected chi connectivity index (χ1v) is 8.84. The summed E-state index contributed by atoms with van der Waals surface area (Å²) in [6.45, 7) is 2.46. The zero-order valence-corrected chi connectivity index (χ0v) is 15.0. The van der Waals surface area contributed by atoms with E-state index in [-0.39, 0.29) is 16.8 Å². The highest BCUT2D eigenvalue weighted by Crippen LogP contribution is 2.33. The van der Waals surface area contributed by atoms with Gasteiger partial charge in [-0.3, -0.25) is 19.8 Å². The summed E-state index contributed by atoms with van der Waals surface area (Å²) in [5, 5.41) is 13.7. The Balaban J connectivity index is 1.70. The zero-order chi connectivity index (χ0) is 18.0. The Hall–Kier alpha value is -2.45. The molecule has 0 radical (unpaired) electrons. The summed E-state index contributed by atoms with van der Waals surface area (Å²) in [5.41, 5.74) is 2.62. The van der Waals surface area contributed by atoms with Gasteiger partial charge in [-0.2, -0.15) is 0 Å². The number of amides is 1. The van der Waals surface area contributed by atoms with Crippen molar-refractivity contribution in [3.8, 4) is 0 Å². The molecule has 1 amide bonds. The molecule has 128 valence electrons. The Labute approximate surface area is 154 Å². The summed E-state index contributed by atoms with van der Waals surface area (Å²) in [6, 6.07) is 13.7. The molecule has 0 aliphatic carbocycles. The number of hydrogen-bond donors (Lipinski definition) is 1. The molecule has 1 atom stereocenters. The summed E-state index contributed by atoms with van der Waals surface area (Å²) >= 11 is 6.64. The Morgan fingerprint density at radius 1 is 1.28 bits per heavy atom. The van der Waals surface area contributed by atoms with Crippen LogP contribution in [0.25, 0.3) is 0 Å². The first-order chi connectivity index (χ1) is 12.0. The van der Waals surface area contributed by atoms with Crippen molar-refractivity contribution in [1.82, 2.24) is 0 Å². The van der Waals surface area contributed by atoms with Gasteiger partial charge in [0, 0.05) is 24.4 Å². The molecule has 1 saturated heterocycles. The molecule has 0 spiro atoms. The fourth-order valence-electron chi connectivity index (χ4n) is 2.51. The van der Waals surface area contributed by atoms with Crippen LogP contribution >= 0.6 is 24.0 Å². The van der Waals surface area contributed by atoms with E-state index in [0.717, 1.165) is 11.3 Å². The maximum absolute atomic E-state index is 12.7. The largest absolute Gasteiger partial charge is 0.383 e. The van der Waals surface area contributed by atoms with Crippen molar-refractivity contribution in [2.24, 2.45) is 0 Å². The Kier molecular flexibility index (Phi) is 5.00. The van der Waals surface area contributed by atoms with E-state index in [2.05, 4.69) is 5.32 Å². The van der Waals surface area contributed by atoms with Crippen LogP contribution in [0.15, 0.2) is 48.5 Å². The highest BCUT2D eigenvalue weighted by atomic mass is 32.2. The number of non-ortho nitro benzene ring substituents is 1. The summed E-state index contributed by atoms with van der Waals surface area (Å²) in [6.07, 6.45) is 0. The highest BCUT2D eigenvalue weighted by Gasteiger charge is 2.37. The molecule has 1 unspecified atom stereocenters. The topological polar surface area (TPSA) is 75.5 Å². The average Bonchev–Trinajstić information content (AvgIpc) is 2.87. The van der Waals surface area contributed by atoms with E-state index in [1.54, 1.807) is 12.1 Å². The van der Waals surface area contributed by atoms with Gasteiger partial charge >= 0.3 is 0 Å². The molecular weight excluding hydrogens is 358 g/mol. The third-order valence-corrected chi connectivity index (χ3v) is 5.26. The SMILES string of the molecule is Cc1cccc(NCC2SC(=S)N(c3ccc([N+](=O)[O-])cc3)C2=O)c1. The molecule has 0 aromatic heterocycles. The number of aryl methyl sites for hydroxylation is 1. The molecule has 1 fully saturated rings. The second-order valence-electron chi connectivity index (χ2n) is 5.57. The molecule has 6 nitrogen and oxygen atoms in total. The van der Waals surface area contributed by atoms with Gasteiger partial charge in [0.05, 0.1) is 10.6 Å². The maximum atomic E-state index is 12.7. The lowest BCUT2D eigenvalue weighted by atomic mass is 10.2. The van der Waals surface area contributed by atoms with E-state index in [4.69, 9.17) is 12.2 Å². The number of nitrogens with zero attached hydrogens (tertiary/aromatic N) is 2. The fourth-order valence-corrected chi connectivity index (χ4v) is 3.97. The van der Waals surface area contributed by atoms with Crippen molar-refractivity contribution in [2.45, 2.75) is 12.2 Å². The molecule has 8 heteroatoms. The van der Waals surface area contributed by atoms with Gasteiger partial charge in [-0.15, -0.1) is 0 Å². The van der Waals surface area contributed by atoms with Crippen LogP contribution in [0.4, 0.5) is 17.1 Å². The molecule has 25 heavy (non-hydrogen) atoms. The molecule has 2 aromatic carbocycles. The van der Waals surface area contributed by atoms with Crippen molar-refractivity contribution in [2.75, 3.05) is 16.8 Å².